The average molecular weight is 387 g/mol. The number of rotatable bonds is 5. The van der Waals surface area contributed by atoms with Crippen LogP contribution < -0.4 is 9.47 Å². The Kier molecular flexibility index (Phi) is 5.76. The fourth-order valence-corrected chi connectivity index (χ4v) is 5.14. The zero-order valence-electron chi connectivity index (χ0n) is 14.3. The number of benzene rings is 1. The minimum atomic E-state index is 0.114. The molecule has 0 saturated carbocycles. The van der Waals surface area contributed by atoms with E-state index in [1.54, 1.807) is 14.2 Å². The van der Waals surface area contributed by atoms with Crippen molar-refractivity contribution in [3.8, 4) is 11.5 Å². The number of fused-ring (bicyclic) bond motifs is 1. The summed E-state index contributed by atoms with van der Waals surface area (Å²) in [4.78, 5) is 0. The molecule has 0 fully saturated rings. The minimum Gasteiger partial charge on any atom is -0.493 e. The van der Waals surface area contributed by atoms with Crippen molar-refractivity contribution in [3.63, 3.8) is 0 Å². The van der Waals surface area contributed by atoms with Gasteiger partial charge in [-0.2, -0.15) is 11.8 Å². The van der Waals surface area contributed by atoms with Gasteiger partial charge in [-0.3, -0.25) is 0 Å². The summed E-state index contributed by atoms with van der Waals surface area (Å²) in [6, 6.07) is 4.39. The predicted octanol–water partition coefficient (Wildman–Crippen LogP) is 5.41. The second-order valence-corrected chi connectivity index (χ2v) is 9.18. The summed E-state index contributed by atoms with van der Waals surface area (Å²) in [5, 5.41) is 1.01. The smallest absolute Gasteiger partial charge is 0.161 e. The number of aryl methyl sites for hydroxylation is 1. The Hall–Kier alpha value is -0.350. The van der Waals surface area contributed by atoms with E-state index < -0.39 is 0 Å². The Morgan fingerprint density at radius 1 is 1.23 bits per heavy atom. The standard InChI is InChI=1S/C18H27BrO2S/c1-17(2,12-19)11-18(3)14-10-16(21-5)15(20-4)9-13(14)7-6-8-22-18/h9-10H,6-8,11-12H2,1-5H3. The van der Waals surface area contributed by atoms with E-state index in [4.69, 9.17) is 9.47 Å². The lowest BCUT2D eigenvalue weighted by Crippen LogP contribution is -2.28. The molecule has 0 saturated heterocycles. The maximum absolute atomic E-state index is 5.55. The van der Waals surface area contributed by atoms with Crippen LogP contribution in [0.5, 0.6) is 11.5 Å². The number of hydrogen-bond donors (Lipinski definition) is 0. The largest absolute Gasteiger partial charge is 0.493 e. The lowest BCUT2D eigenvalue weighted by molar-refractivity contribution is 0.336. The third kappa shape index (κ3) is 3.76. The van der Waals surface area contributed by atoms with Crippen LogP contribution in [0.2, 0.25) is 0 Å². The molecule has 4 heteroatoms. The van der Waals surface area contributed by atoms with Crippen molar-refractivity contribution in [2.45, 2.75) is 44.8 Å². The van der Waals surface area contributed by atoms with E-state index in [0.717, 1.165) is 29.7 Å². The van der Waals surface area contributed by atoms with Crippen molar-refractivity contribution in [1.82, 2.24) is 0 Å². The zero-order valence-corrected chi connectivity index (χ0v) is 16.7. The molecule has 0 amide bonds. The van der Waals surface area contributed by atoms with Crippen LogP contribution in [0, 0.1) is 5.41 Å². The second-order valence-electron chi connectivity index (χ2n) is 7.02. The third-order valence-corrected chi connectivity index (χ3v) is 7.38. The van der Waals surface area contributed by atoms with Gasteiger partial charge in [0.05, 0.1) is 14.2 Å². The lowest BCUT2D eigenvalue weighted by Gasteiger charge is -2.37. The van der Waals surface area contributed by atoms with Gasteiger partial charge in [-0.05, 0) is 60.6 Å². The Morgan fingerprint density at radius 2 is 1.86 bits per heavy atom. The van der Waals surface area contributed by atoms with Crippen LogP contribution in [0.4, 0.5) is 0 Å². The number of methoxy groups -OCH3 is 2. The van der Waals surface area contributed by atoms with Crippen LogP contribution in [0.25, 0.3) is 0 Å². The van der Waals surface area contributed by atoms with Crippen molar-refractivity contribution in [1.29, 1.82) is 0 Å². The number of ether oxygens (including phenoxy) is 2. The first-order valence-electron chi connectivity index (χ1n) is 7.80. The highest BCUT2D eigenvalue weighted by Gasteiger charge is 2.37. The predicted molar refractivity (Wildman–Crippen MR) is 99.9 cm³/mol. The van der Waals surface area contributed by atoms with Crippen molar-refractivity contribution in [3.05, 3.63) is 23.3 Å². The molecule has 1 aromatic carbocycles. The molecule has 2 nitrogen and oxygen atoms in total. The summed E-state index contributed by atoms with van der Waals surface area (Å²) in [7, 11) is 3.43. The van der Waals surface area contributed by atoms with E-state index in [-0.39, 0.29) is 10.2 Å². The number of thioether (sulfide) groups is 1. The van der Waals surface area contributed by atoms with Gasteiger partial charge >= 0.3 is 0 Å². The quantitative estimate of drug-likeness (QED) is 0.630. The Balaban J connectivity index is 2.51. The van der Waals surface area contributed by atoms with Gasteiger partial charge in [0.2, 0.25) is 0 Å². The fourth-order valence-electron chi connectivity index (χ4n) is 3.36. The highest BCUT2D eigenvalue weighted by atomic mass is 79.9. The molecular weight excluding hydrogens is 360 g/mol. The Morgan fingerprint density at radius 3 is 2.45 bits per heavy atom. The van der Waals surface area contributed by atoms with E-state index >= 15 is 0 Å². The van der Waals surface area contributed by atoms with E-state index in [1.807, 2.05) is 0 Å². The van der Waals surface area contributed by atoms with Crippen molar-refractivity contribution in [2.24, 2.45) is 5.41 Å². The highest BCUT2D eigenvalue weighted by Crippen LogP contribution is 2.50. The molecule has 1 aliphatic heterocycles. The third-order valence-electron chi connectivity index (χ3n) is 4.37. The lowest BCUT2D eigenvalue weighted by atomic mass is 9.79. The maximum atomic E-state index is 5.55. The molecule has 124 valence electrons. The van der Waals surface area contributed by atoms with Crippen molar-refractivity contribution >= 4 is 27.7 Å². The summed E-state index contributed by atoms with van der Waals surface area (Å²) in [6.07, 6.45) is 3.48. The topological polar surface area (TPSA) is 18.5 Å². The molecule has 1 atom stereocenters. The van der Waals surface area contributed by atoms with Gasteiger partial charge in [-0.1, -0.05) is 29.8 Å². The molecule has 1 heterocycles. The molecule has 0 aliphatic carbocycles. The SMILES string of the molecule is COc1cc2c(cc1OC)C(C)(CC(C)(C)CBr)SCCC2. The number of hydrogen-bond acceptors (Lipinski definition) is 3. The molecule has 22 heavy (non-hydrogen) atoms. The fraction of sp³-hybridized carbons (Fsp3) is 0.667. The van der Waals surface area contributed by atoms with E-state index in [1.165, 1.54) is 23.3 Å². The summed E-state index contributed by atoms with van der Waals surface area (Å²) in [5.41, 5.74) is 3.09. The molecule has 1 aliphatic rings. The van der Waals surface area contributed by atoms with E-state index in [0.29, 0.717) is 0 Å². The molecule has 0 N–H and O–H groups in total. The first-order chi connectivity index (χ1) is 10.3. The van der Waals surface area contributed by atoms with E-state index in [2.05, 4.69) is 60.6 Å². The normalized spacial score (nSPS) is 21.9. The van der Waals surface area contributed by atoms with Crippen LogP contribution in [-0.4, -0.2) is 25.3 Å². The highest BCUT2D eigenvalue weighted by molar-refractivity contribution is 9.09. The summed E-state index contributed by atoms with van der Waals surface area (Å²) in [6.45, 7) is 7.05. The second kappa shape index (κ2) is 7.04. The molecule has 1 aromatic rings. The van der Waals surface area contributed by atoms with Gasteiger partial charge in [0.15, 0.2) is 11.5 Å². The first kappa shape index (κ1) is 18.0. The number of alkyl halides is 1. The molecule has 2 rings (SSSR count). The first-order valence-corrected chi connectivity index (χ1v) is 9.91. The monoisotopic (exact) mass is 386 g/mol. The van der Waals surface area contributed by atoms with E-state index in [9.17, 15) is 0 Å². The van der Waals surface area contributed by atoms with Crippen molar-refractivity contribution in [2.75, 3.05) is 25.3 Å². The minimum absolute atomic E-state index is 0.114. The zero-order chi connectivity index (χ0) is 16.4. The summed E-state index contributed by atoms with van der Waals surface area (Å²) < 4.78 is 11.2. The van der Waals surface area contributed by atoms with Gasteiger partial charge in [0, 0.05) is 10.1 Å². The number of halogens is 1. The molecule has 0 spiro atoms. The summed E-state index contributed by atoms with van der Waals surface area (Å²) in [5.74, 6) is 2.88. The van der Waals surface area contributed by atoms with Gasteiger partial charge in [-0.15, -0.1) is 0 Å². The molecule has 0 radical (unpaired) electrons. The van der Waals surface area contributed by atoms with Gasteiger partial charge in [-0.25, -0.2) is 0 Å². The molecule has 1 unspecified atom stereocenters. The molecular formula is C18H27BrO2S. The van der Waals surface area contributed by atoms with Crippen LogP contribution in [0.15, 0.2) is 12.1 Å². The van der Waals surface area contributed by atoms with Crippen LogP contribution >= 0.6 is 27.7 Å². The van der Waals surface area contributed by atoms with Gasteiger partial charge in [0.25, 0.3) is 0 Å². The van der Waals surface area contributed by atoms with Gasteiger partial charge in [0.1, 0.15) is 0 Å². The van der Waals surface area contributed by atoms with Crippen LogP contribution in [0.3, 0.4) is 0 Å². The Labute approximate surface area is 147 Å². The molecule has 0 aromatic heterocycles. The Bertz CT molecular complexity index is 530. The maximum Gasteiger partial charge on any atom is 0.161 e. The van der Waals surface area contributed by atoms with Gasteiger partial charge < -0.3 is 9.47 Å². The van der Waals surface area contributed by atoms with Crippen LogP contribution in [0.1, 0.15) is 44.7 Å². The molecule has 0 bridgehead atoms. The average Bonchev–Trinajstić information content (AvgIpc) is 2.64. The van der Waals surface area contributed by atoms with Crippen molar-refractivity contribution < 1.29 is 9.47 Å². The summed E-state index contributed by atoms with van der Waals surface area (Å²) >= 11 is 5.77. The van der Waals surface area contributed by atoms with Crippen LogP contribution in [-0.2, 0) is 11.2 Å².